The lowest BCUT2D eigenvalue weighted by molar-refractivity contribution is 0.893. The van der Waals surface area contributed by atoms with Crippen LogP contribution in [0.25, 0.3) is 11.5 Å². The maximum Gasteiger partial charge on any atom is 0.239 e. The Morgan fingerprint density at radius 2 is 1.26 bits per heavy atom. The van der Waals surface area contributed by atoms with Crippen LogP contribution < -0.4 is 21.3 Å². The van der Waals surface area contributed by atoms with Crippen molar-refractivity contribution in [3.05, 3.63) is 175 Å². The lowest BCUT2D eigenvalue weighted by Gasteiger charge is -2.35. The van der Waals surface area contributed by atoms with Gasteiger partial charge in [-0.05, 0) is 32.3 Å². The first-order chi connectivity index (χ1) is 20.8. The summed E-state index contributed by atoms with van der Waals surface area (Å²) >= 11 is 4.64. The highest BCUT2D eigenvalue weighted by Crippen LogP contribution is 2.18. The Bertz CT molecular complexity index is 1710. The van der Waals surface area contributed by atoms with Gasteiger partial charge in [0.05, 0.1) is 5.72 Å². The van der Waals surface area contributed by atoms with E-state index in [0.717, 1.165) is 19.2 Å². The number of nitrogens with zero attached hydrogens (tertiary/aromatic N) is 2. The van der Waals surface area contributed by atoms with E-state index in [1.807, 2.05) is 6.20 Å². The van der Waals surface area contributed by atoms with Gasteiger partial charge in [-0.25, -0.2) is 0 Å². The van der Waals surface area contributed by atoms with Crippen molar-refractivity contribution in [3.8, 4) is 0 Å². The van der Waals surface area contributed by atoms with E-state index in [1.54, 1.807) is 0 Å². The molecule has 6 aromatic rings. The molecule has 0 bridgehead atoms. The Morgan fingerprint density at radius 1 is 0.690 bits per heavy atom. The van der Waals surface area contributed by atoms with Crippen molar-refractivity contribution in [3.63, 3.8) is 0 Å². The number of rotatable bonds is 10. The number of aromatic nitrogens is 2. The molecule has 0 amide bonds. The third-order valence-electron chi connectivity index (χ3n) is 7.98. The maximum absolute atomic E-state index is 4.95. The first-order valence-corrected chi connectivity index (χ1v) is 17.2. The molecule has 0 N–H and O–H groups in total. The van der Waals surface area contributed by atoms with E-state index in [-0.39, 0.29) is 0 Å². The van der Waals surface area contributed by atoms with E-state index >= 15 is 0 Å². The van der Waals surface area contributed by atoms with E-state index in [2.05, 4.69) is 175 Å². The number of benzene rings is 5. The minimum absolute atomic E-state index is 0.711. The lowest BCUT2D eigenvalue weighted by atomic mass is 9.65. The van der Waals surface area contributed by atoms with E-state index in [0.29, 0.717) is 5.75 Å². The van der Waals surface area contributed by atoms with Crippen LogP contribution in [-0.4, -0.2) is 24.9 Å². The summed E-state index contributed by atoms with van der Waals surface area (Å²) in [5.41, 5.74) is 5.96. The van der Waals surface area contributed by atoms with E-state index in [4.69, 9.17) is 4.98 Å². The highest BCUT2D eigenvalue weighted by molar-refractivity contribution is 7.79. The predicted molar refractivity (Wildman–Crippen MR) is 186 cm³/mol. The van der Waals surface area contributed by atoms with Crippen LogP contribution in [-0.2, 0) is 11.9 Å². The molecule has 1 aromatic heterocycles. The van der Waals surface area contributed by atoms with E-state index in [1.165, 1.54) is 37.7 Å². The van der Waals surface area contributed by atoms with Crippen LogP contribution in [0.4, 0.5) is 0 Å². The predicted octanol–water partition coefficient (Wildman–Crippen LogP) is 5.28. The molecule has 0 spiro atoms. The second kappa shape index (κ2) is 13.1. The number of hydrogen-bond donors (Lipinski definition) is 1. The minimum atomic E-state index is -2.54. The zero-order valence-electron chi connectivity index (χ0n) is 23.6. The van der Waals surface area contributed by atoms with Crippen molar-refractivity contribution in [1.29, 1.82) is 0 Å². The second-order valence-electron chi connectivity index (χ2n) is 10.6. The molecule has 0 fully saturated rings. The van der Waals surface area contributed by atoms with Gasteiger partial charge in [0.1, 0.15) is 0 Å². The van der Waals surface area contributed by atoms with E-state index < -0.39 is 8.07 Å². The minimum Gasteiger partial charge on any atom is -0.345 e. The third-order valence-corrected chi connectivity index (χ3v) is 13.1. The van der Waals surface area contributed by atoms with Gasteiger partial charge in [0.2, 0.25) is 7.28 Å². The zero-order valence-corrected chi connectivity index (χ0v) is 25.4. The summed E-state index contributed by atoms with van der Waals surface area (Å²) in [5, 5.41) is 4.15. The molecule has 0 unspecified atom stereocenters. The molecule has 5 heteroatoms. The molecule has 0 aliphatic rings. The summed E-state index contributed by atoms with van der Waals surface area (Å²) in [5.74, 6) is 0.711. The topological polar surface area (TPSA) is 17.8 Å². The monoisotopic (exact) mass is 576 g/mol. The first kappa shape index (κ1) is 27.8. The van der Waals surface area contributed by atoms with Gasteiger partial charge in [-0.3, -0.25) is 4.98 Å². The van der Waals surface area contributed by atoms with Gasteiger partial charge in [0, 0.05) is 24.3 Å². The van der Waals surface area contributed by atoms with Gasteiger partial charge in [-0.1, -0.05) is 157 Å². The summed E-state index contributed by atoms with van der Waals surface area (Å²) in [4.78, 5) is 4.95. The fraction of sp³-hybridized carbons (Fsp3) is 0.0541. The summed E-state index contributed by atoms with van der Waals surface area (Å²) in [6.07, 6.45) is 7.26. The molecule has 0 aliphatic carbocycles. The average molecular weight is 577 g/mol. The number of imidazole rings is 1. The quantitative estimate of drug-likeness (QED) is 0.102. The Kier molecular flexibility index (Phi) is 8.69. The summed E-state index contributed by atoms with van der Waals surface area (Å²) < 4.78 is 2.40. The molecular formula is C37H33BN2SSi. The highest BCUT2D eigenvalue weighted by Gasteiger charge is 2.40. The SMILES string of the molecule is SCc1cccc([Si](Cn2ccnc2BC(=Cc2ccccc2)c2ccccc2)(c2ccccc2)c2ccccc2)c1. The van der Waals surface area contributed by atoms with Crippen molar-refractivity contribution in [1.82, 2.24) is 9.55 Å². The fourth-order valence-electron chi connectivity index (χ4n) is 5.87. The van der Waals surface area contributed by atoms with Crippen LogP contribution >= 0.6 is 12.6 Å². The normalized spacial score (nSPS) is 11.8. The molecule has 0 radical (unpaired) electrons. The molecule has 0 saturated heterocycles. The Hall–Kier alpha value is -4.32. The summed E-state index contributed by atoms with van der Waals surface area (Å²) in [7, 11) is -1.81. The van der Waals surface area contributed by atoms with Crippen LogP contribution in [0.2, 0.25) is 0 Å². The number of thiol groups is 1. The first-order valence-electron chi connectivity index (χ1n) is 14.4. The molecular weight excluding hydrogens is 543 g/mol. The molecule has 6 rings (SSSR count). The lowest BCUT2D eigenvalue weighted by Crippen LogP contribution is -2.70. The van der Waals surface area contributed by atoms with Crippen molar-refractivity contribution < 1.29 is 0 Å². The van der Waals surface area contributed by atoms with Crippen LogP contribution in [0.1, 0.15) is 16.7 Å². The average Bonchev–Trinajstić information content (AvgIpc) is 3.51. The smallest absolute Gasteiger partial charge is 0.239 e. The molecule has 204 valence electrons. The molecule has 5 aromatic carbocycles. The highest BCUT2D eigenvalue weighted by atomic mass is 32.1. The van der Waals surface area contributed by atoms with Crippen molar-refractivity contribution in [2.45, 2.75) is 11.9 Å². The van der Waals surface area contributed by atoms with Crippen LogP contribution in [0.3, 0.4) is 0 Å². The Morgan fingerprint density at radius 3 is 1.88 bits per heavy atom. The second-order valence-corrected chi connectivity index (χ2v) is 14.8. The Balaban J connectivity index is 1.49. The van der Waals surface area contributed by atoms with E-state index in [9.17, 15) is 0 Å². The zero-order chi connectivity index (χ0) is 28.6. The van der Waals surface area contributed by atoms with Crippen molar-refractivity contribution in [2.75, 3.05) is 0 Å². The standard InChI is InChI=1S/C37H33BN2SSi/c41-28-31-16-13-23-35(26-31)42(33-19-9-3-10-20-33,34-21-11-4-12-22-34)29-40-25-24-39-37(40)38-36(32-17-7-2-8-18-32)27-30-14-5-1-6-15-30/h1-27,38,41H,28-29H2. The fourth-order valence-corrected chi connectivity index (χ4v) is 10.7. The molecule has 0 saturated carbocycles. The largest absolute Gasteiger partial charge is 0.345 e. The van der Waals surface area contributed by atoms with Crippen LogP contribution in [0, 0.1) is 0 Å². The third kappa shape index (κ3) is 5.99. The van der Waals surface area contributed by atoms with Gasteiger partial charge < -0.3 is 4.57 Å². The van der Waals surface area contributed by atoms with Crippen LogP contribution in [0.5, 0.6) is 0 Å². The molecule has 1 heterocycles. The van der Waals surface area contributed by atoms with Gasteiger partial charge >= 0.3 is 0 Å². The van der Waals surface area contributed by atoms with Crippen LogP contribution in [0.15, 0.2) is 158 Å². The molecule has 0 aliphatic heterocycles. The van der Waals surface area contributed by atoms with Crippen molar-refractivity contribution in [2.24, 2.45) is 0 Å². The molecule has 0 atom stereocenters. The van der Waals surface area contributed by atoms with Gasteiger partial charge in [0.25, 0.3) is 0 Å². The summed E-state index contributed by atoms with van der Waals surface area (Å²) in [6, 6.07) is 52.5. The number of hydrogen-bond acceptors (Lipinski definition) is 2. The van der Waals surface area contributed by atoms with Crippen molar-refractivity contribution >= 4 is 60.8 Å². The van der Waals surface area contributed by atoms with Gasteiger partial charge in [0.15, 0.2) is 8.07 Å². The van der Waals surface area contributed by atoms with Gasteiger partial charge in [-0.15, -0.1) is 0 Å². The Labute approximate surface area is 256 Å². The maximum atomic E-state index is 4.95. The van der Waals surface area contributed by atoms with Gasteiger partial charge in [-0.2, -0.15) is 12.6 Å². The summed E-state index contributed by atoms with van der Waals surface area (Å²) in [6.45, 7) is 0. The molecule has 42 heavy (non-hydrogen) atoms. The molecule has 2 nitrogen and oxygen atoms in total.